The summed E-state index contributed by atoms with van der Waals surface area (Å²) in [5.74, 6) is -0.774. The van der Waals surface area contributed by atoms with Crippen LogP contribution < -0.4 is 11.3 Å². The van der Waals surface area contributed by atoms with Gasteiger partial charge in [0.2, 0.25) is 5.95 Å². The zero-order chi connectivity index (χ0) is 25.3. The highest BCUT2D eigenvalue weighted by Crippen LogP contribution is 2.45. The van der Waals surface area contributed by atoms with Gasteiger partial charge in [0.25, 0.3) is 5.56 Å². The number of imidazole rings is 2. The minimum Gasteiger partial charge on any atom is -0.388 e. The lowest BCUT2D eigenvalue weighted by atomic mass is 9.99. The summed E-state index contributed by atoms with van der Waals surface area (Å²) in [5.41, 5.74) is 6.24. The molecule has 5 N–H and O–H groups in total. The Morgan fingerprint density at radius 3 is 2.78 bits per heavy atom. The Morgan fingerprint density at radius 2 is 2.03 bits per heavy atom. The third kappa shape index (κ3) is 4.82. The largest absolute Gasteiger partial charge is 0.437 e. The number of hydrogen-bond donors (Lipinski definition) is 4. The lowest BCUT2D eigenvalue weighted by molar-refractivity contribution is -0.0480. The topological polar surface area (TPSA) is 193 Å². The highest BCUT2D eigenvalue weighted by atomic mass is 31.2. The molecule has 4 aromatic rings. The summed E-state index contributed by atoms with van der Waals surface area (Å²) >= 11 is 0. The second kappa shape index (κ2) is 9.93. The monoisotopic (exact) mass is 517 g/mol. The highest BCUT2D eigenvalue weighted by Gasteiger charge is 2.46. The molecule has 5 rings (SSSR count). The van der Waals surface area contributed by atoms with Crippen LogP contribution in [-0.4, -0.2) is 64.3 Å². The van der Waals surface area contributed by atoms with Crippen LogP contribution in [0.4, 0.5) is 5.95 Å². The molecule has 1 aliphatic rings. The minimum absolute atomic E-state index is 0.0246. The van der Waals surface area contributed by atoms with E-state index >= 15 is 0 Å². The fraction of sp³-hybridized carbons (Fsp3) is 0.333. The maximum atomic E-state index is 12.6. The van der Waals surface area contributed by atoms with Gasteiger partial charge in [0.05, 0.1) is 32.3 Å². The molecule has 1 unspecified atom stereocenters. The number of aliphatic hydroxyl groups is 1. The first-order valence-corrected chi connectivity index (χ1v) is 12.5. The number of nitrogen functional groups attached to an aromatic ring is 1. The van der Waals surface area contributed by atoms with Gasteiger partial charge in [0.15, 0.2) is 17.4 Å². The zero-order valence-electron chi connectivity index (χ0n) is 18.8. The lowest BCUT2D eigenvalue weighted by Gasteiger charge is -2.21. The molecule has 0 saturated carbocycles. The molecule has 14 nitrogen and oxygen atoms in total. The second-order valence-electron chi connectivity index (χ2n) is 8.22. The van der Waals surface area contributed by atoms with E-state index in [2.05, 4.69) is 19.9 Å². The van der Waals surface area contributed by atoms with Crippen LogP contribution in [0.15, 0.2) is 60.2 Å². The number of aromatic nitrogens is 6. The summed E-state index contributed by atoms with van der Waals surface area (Å²) in [6.07, 6.45) is 2.10. The fourth-order valence-electron chi connectivity index (χ4n) is 4.05. The zero-order valence-corrected chi connectivity index (χ0v) is 19.7. The number of nitrogens with one attached hydrogen (secondary N) is 1. The van der Waals surface area contributed by atoms with Gasteiger partial charge in [0.1, 0.15) is 12.4 Å². The Balaban J connectivity index is 1.38. The molecule has 15 heteroatoms. The molecule has 0 bridgehead atoms. The van der Waals surface area contributed by atoms with Crippen LogP contribution in [-0.2, 0) is 25.2 Å². The van der Waals surface area contributed by atoms with Gasteiger partial charge in [-0.15, -0.1) is 0 Å². The van der Waals surface area contributed by atoms with Gasteiger partial charge in [-0.1, -0.05) is 30.3 Å². The van der Waals surface area contributed by atoms with Crippen molar-refractivity contribution in [3.8, 4) is 0 Å². The van der Waals surface area contributed by atoms with E-state index in [1.165, 1.54) is 29.6 Å². The van der Waals surface area contributed by atoms with E-state index in [4.69, 9.17) is 19.7 Å². The van der Waals surface area contributed by atoms with Crippen LogP contribution in [0.25, 0.3) is 11.2 Å². The summed E-state index contributed by atoms with van der Waals surface area (Å²) in [5, 5.41) is 11.2. The SMILES string of the molecule is Nc1nc2c(ncn2[C@@H]2O[C@H](COP(=O)(O)n3ccnc3)[C@@H](COCc3ccccc3)[C@H]2O)c(=O)[nH]1. The molecule has 0 radical (unpaired) electrons. The van der Waals surface area contributed by atoms with Crippen LogP contribution in [0.5, 0.6) is 0 Å². The van der Waals surface area contributed by atoms with E-state index < -0.39 is 37.7 Å². The van der Waals surface area contributed by atoms with Crippen LogP contribution in [0, 0.1) is 5.92 Å². The molecule has 1 fully saturated rings. The number of ether oxygens (including phenoxy) is 2. The number of hydrogen-bond acceptors (Lipinski definition) is 10. The van der Waals surface area contributed by atoms with Crippen molar-refractivity contribution in [1.29, 1.82) is 0 Å². The molecular formula is C21H24N7O7P. The Bertz CT molecular complexity index is 1430. The molecule has 36 heavy (non-hydrogen) atoms. The van der Waals surface area contributed by atoms with Gasteiger partial charge in [-0.05, 0) is 5.56 Å². The number of nitrogens with two attached hydrogens (primary N) is 1. The van der Waals surface area contributed by atoms with E-state index in [0.29, 0.717) is 0 Å². The molecule has 0 spiro atoms. The van der Waals surface area contributed by atoms with Crippen molar-refractivity contribution in [2.75, 3.05) is 18.9 Å². The van der Waals surface area contributed by atoms with Crippen LogP contribution in [0.1, 0.15) is 11.8 Å². The van der Waals surface area contributed by atoms with Crippen molar-refractivity contribution in [3.05, 3.63) is 71.3 Å². The van der Waals surface area contributed by atoms with Crippen molar-refractivity contribution in [2.24, 2.45) is 5.92 Å². The number of rotatable bonds is 9. The molecule has 190 valence electrons. The first-order chi connectivity index (χ1) is 17.3. The summed E-state index contributed by atoms with van der Waals surface area (Å²) in [4.78, 5) is 36.8. The number of nitrogens with zero attached hydrogens (tertiary/aromatic N) is 5. The predicted molar refractivity (Wildman–Crippen MR) is 125 cm³/mol. The maximum Gasteiger partial charge on any atom is 0.437 e. The molecular weight excluding hydrogens is 493 g/mol. The molecule has 1 aromatic carbocycles. The molecule has 3 aromatic heterocycles. The van der Waals surface area contributed by atoms with Gasteiger partial charge < -0.3 is 25.2 Å². The fourth-order valence-corrected chi connectivity index (χ4v) is 4.94. The number of anilines is 1. The van der Waals surface area contributed by atoms with Gasteiger partial charge in [-0.2, -0.15) is 4.98 Å². The van der Waals surface area contributed by atoms with Crippen molar-refractivity contribution in [2.45, 2.75) is 25.0 Å². The van der Waals surface area contributed by atoms with Crippen molar-refractivity contribution < 1.29 is 28.6 Å². The first kappa shape index (κ1) is 24.3. The predicted octanol–water partition coefficient (Wildman–Crippen LogP) is 0.655. The summed E-state index contributed by atoms with van der Waals surface area (Å²) < 4.78 is 32.2. The van der Waals surface area contributed by atoms with E-state index in [1.54, 1.807) is 0 Å². The van der Waals surface area contributed by atoms with Crippen LogP contribution in [0.3, 0.4) is 0 Å². The first-order valence-electron chi connectivity index (χ1n) is 11.0. The van der Waals surface area contributed by atoms with Crippen molar-refractivity contribution in [3.63, 3.8) is 0 Å². The van der Waals surface area contributed by atoms with Crippen molar-refractivity contribution >= 4 is 24.9 Å². The number of aromatic amines is 1. The van der Waals surface area contributed by atoms with E-state index in [9.17, 15) is 19.4 Å². The van der Waals surface area contributed by atoms with Gasteiger partial charge in [0, 0.05) is 18.3 Å². The second-order valence-corrected chi connectivity index (χ2v) is 9.93. The standard InChI is InChI=1S/C21H24N7O7P/c22-21-25-18-16(19(30)26-21)24-12-28(18)20-17(29)14(9-33-8-13-4-2-1-3-5-13)15(35-20)10-34-36(31,32)27-7-6-23-11-27/h1-7,11-12,14-15,17,20,29H,8-10H2,(H,31,32)(H3,22,25,26,30)/t14-,15-,17-,20-/m1/s1. The summed E-state index contributed by atoms with van der Waals surface area (Å²) in [6, 6.07) is 9.48. The summed E-state index contributed by atoms with van der Waals surface area (Å²) in [6.45, 7) is 0.0170. The van der Waals surface area contributed by atoms with Crippen LogP contribution in [0.2, 0.25) is 0 Å². The van der Waals surface area contributed by atoms with Crippen molar-refractivity contribution in [1.82, 2.24) is 28.8 Å². The normalized spacial score (nSPS) is 23.7. The molecule has 0 amide bonds. The average Bonchev–Trinajstić information content (AvgIpc) is 3.59. The maximum absolute atomic E-state index is 12.6. The van der Waals surface area contributed by atoms with E-state index in [0.717, 1.165) is 9.90 Å². The van der Waals surface area contributed by atoms with E-state index in [-0.39, 0.29) is 36.9 Å². The molecule has 1 aliphatic heterocycles. The number of H-pyrrole nitrogens is 1. The summed E-state index contributed by atoms with van der Waals surface area (Å²) in [7, 11) is -4.24. The Kier molecular flexibility index (Phi) is 6.71. The number of benzene rings is 1. The van der Waals surface area contributed by atoms with Crippen LogP contribution >= 0.6 is 7.75 Å². The molecule has 0 aliphatic carbocycles. The number of aliphatic hydroxyl groups excluding tert-OH is 1. The number of fused-ring (bicyclic) bond motifs is 1. The molecule has 5 atom stereocenters. The highest BCUT2D eigenvalue weighted by molar-refractivity contribution is 7.51. The quantitative estimate of drug-likeness (QED) is 0.228. The minimum atomic E-state index is -4.24. The van der Waals surface area contributed by atoms with E-state index in [1.807, 2.05) is 30.3 Å². The Hall–Kier alpha value is -3.39. The third-order valence-corrected chi connectivity index (χ3v) is 7.16. The average molecular weight is 517 g/mol. The van der Waals surface area contributed by atoms with Gasteiger partial charge in [-0.25, -0.2) is 18.9 Å². The lowest BCUT2D eigenvalue weighted by Crippen LogP contribution is -2.32. The van der Waals surface area contributed by atoms with Gasteiger partial charge in [-0.3, -0.25) is 18.9 Å². The Morgan fingerprint density at radius 1 is 1.22 bits per heavy atom. The molecule has 4 heterocycles. The smallest absolute Gasteiger partial charge is 0.388 e. The van der Waals surface area contributed by atoms with Gasteiger partial charge >= 0.3 is 7.75 Å². The molecule has 1 saturated heterocycles. The Labute approximate surface area is 203 Å². The third-order valence-electron chi connectivity index (χ3n) is 5.86.